The summed E-state index contributed by atoms with van der Waals surface area (Å²) in [6, 6.07) is 0. The quantitative estimate of drug-likeness (QED) is 0.292. The molecule has 184 valence electrons. The summed E-state index contributed by atoms with van der Waals surface area (Å²) in [4.78, 5) is 0. The molecule has 3 nitrogen and oxygen atoms in total. The molecule has 4 aliphatic rings. The first-order chi connectivity index (χ1) is 14.9. The van der Waals surface area contributed by atoms with Crippen LogP contribution in [0.4, 0.5) is 0 Å². The van der Waals surface area contributed by atoms with E-state index in [-0.39, 0.29) is 11.5 Å². The van der Waals surface area contributed by atoms with E-state index in [9.17, 15) is 8.42 Å². The Bertz CT molecular complexity index is 815. The molecule has 0 aromatic heterocycles. The highest BCUT2D eigenvalue weighted by Gasteiger charge is 2.59. The lowest BCUT2D eigenvalue weighted by atomic mass is 9.47. The minimum absolute atomic E-state index is 0.155. The molecule has 0 aromatic carbocycles. The lowest BCUT2D eigenvalue weighted by molar-refractivity contribution is -0.0556. The number of hydrogen-bond donors (Lipinski definition) is 0. The average molecular weight is 465 g/mol. The molecule has 0 spiro atoms. The van der Waals surface area contributed by atoms with E-state index in [1.165, 1.54) is 63.2 Å². The van der Waals surface area contributed by atoms with Gasteiger partial charge >= 0.3 is 0 Å². The molecule has 3 saturated carbocycles. The van der Waals surface area contributed by atoms with Crippen molar-refractivity contribution in [2.75, 3.05) is 6.26 Å². The Morgan fingerprint density at radius 3 is 2.47 bits per heavy atom. The summed E-state index contributed by atoms with van der Waals surface area (Å²) in [6.07, 6.45) is 17.3. The van der Waals surface area contributed by atoms with E-state index in [0.29, 0.717) is 5.41 Å². The smallest absolute Gasteiger partial charge is 0.264 e. The van der Waals surface area contributed by atoms with Gasteiger partial charge in [0.05, 0.1) is 12.4 Å². The van der Waals surface area contributed by atoms with E-state index in [1.807, 2.05) is 0 Å². The summed E-state index contributed by atoms with van der Waals surface area (Å²) < 4.78 is 28.8. The topological polar surface area (TPSA) is 43.4 Å². The first kappa shape index (κ1) is 24.8. The number of fused-ring (bicyclic) bond motifs is 5. The third-order valence-electron chi connectivity index (χ3n) is 10.6. The highest BCUT2D eigenvalue weighted by Crippen LogP contribution is 2.67. The molecule has 4 heteroatoms. The van der Waals surface area contributed by atoms with Gasteiger partial charge in [0.1, 0.15) is 0 Å². The summed E-state index contributed by atoms with van der Waals surface area (Å²) >= 11 is 0. The number of hydrogen-bond acceptors (Lipinski definition) is 3. The molecule has 4 rings (SSSR count). The Morgan fingerprint density at radius 1 is 1.03 bits per heavy atom. The van der Waals surface area contributed by atoms with Gasteiger partial charge in [0, 0.05) is 0 Å². The molecule has 1 unspecified atom stereocenters. The van der Waals surface area contributed by atoms with Crippen LogP contribution in [0.3, 0.4) is 0 Å². The molecule has 3 fully saturated rings. The van der Waals surface area contributed by atoms with E-state index in [4.69, 9.17) is 4.18 Å². The van der Waals surface area contributed by atoms with Crippen molar-refractivity contribution in [3.05, 3.63) is 11.6 Å². The van der Waals surface area contributed by atoms with Gasteiger partial charge in [0.25, 0.3) is 10.1 Å². The van der Waals surface area contributed by atoms with Crippen LogP contribution in [0.5, 0.6) is 0 Å². The van der Waals surface area contributed by atoms with Gasteiger partial charge in [-0.3, -0.25) is 4.18 Å². The fraction of sp³-hybridized carbons (Fsp3) is 0.929. The number of rotatable bonds is 7. The van der Waals surface area contributed by atoms with Crippen molar-refractivity contribution in [1.29, 1.82) is 0 Å². The Kier molecular flexibility index (Phi) is 6.98. The molecular formula is C28H48O3S. The van der Waals surface area contributed by atoms with Crippen LogP contribution in [-0.2, 0) is 14.3 Å². The second-order valence-electron chi connectivity index (χ2n) is 13.0. The molecule has 0 amide bonds. The summed E-state index contributed by atoms with van der Waals surface area (Å²) in [5.41, 5.74) is 2.28. The zero-order chi connectivity index (χ0) is 23.3. The standard InChI is InChI=1S/C28H48O3S/c1-19(2)8-7-9-20(3)24-12-13-25-23-11-10-21-18-22(31-32(6,29)30)14-16-27(21,4)26(23)15-17-28(24,25)5/h10,19-20,22-26H,7-9,11-18H2,1-6H3/t20-,22?,23+,24-,25+,26+,27+,28-/m1/s1. The lowest BCUT2D eigenvalue weighted by Crippen LogP contribution is -2.51. The van der Waals surface area contributed by atoms with Gasteiger partial charge in [0.15, 0.2) is 0 Å². The lowest BCUT2D eigenvalue weighted by Gasteiger charge is -2.58. The SMILES string of the molecule is CC(C)CCC[C@@H](C)[C@H]1CC[C@H]2[C@@H]3CC=C4CC(OS(C)(=O)=O)CC[C@]4(C)[C@H]3CC[C@]12C. The van der Waals surface area contributed by atoms with E-state index < -0.39 is 10.1 Å². The zero-order valence-electron chi connectivity index (χ0n) is 21.5. The van der Waals surface area contributed by atoms with Crippen LogP contribution in [0.15, 0.2) is 11.6 Å². The maximum Gasteiger partial charge on any atom is 0.264 e. The molecule has 0 heterocycles. The molecule has 0 saturated heterocycles. The van der Waals surface area contributed by atoms with Crippen molar-refractivity contribution >= 4 is 10.1 Å². The van der Waals surface area contributed by atoms with Crippen LogP contribution in [0, 0.1) is 46.3 Å². The Balaban J connectivity index is 1.47. The van der Waals surface area contributed by atoms with Crippen molar-refractivity contribution in [2.24, 2.45) is 46.3 Å². The maximum atomic E-state index is 11.7. The van der Waals surface area contributed by atoms with Gasteiger partial charge in [-0.15, -0.1) is 0 Å². The van der Waals surface area contributed by atoms with Crippen molar-refractivity contribution in [3.8, 4) is 0 Å². The molecule has 0 aromatic rings. The minimum Gasteiger partial charge on any atom is -0.267 e. The number of allylic oxidation sites excluding steroid dienone is 1. The van der Waals surface area contributed by atoms with Gasteiger partial charge < -0.3 is 0 Å². The van der Waals surface area contributed by atoms with Crippen LogP contribution in [0.2, 0.25) is 0 Å². The molecule has 32 heavy (non-hydrogen) atoms. The summed E-state index contributed by atoms with van der Waals surface area (Å²) in [7, 11) is -3.38. The predicted molar refractivity (Wildman–Crippen MR) is 133 cm³/mol. The molecule has 0 radical (unpaired) electrons. The Labute approximate surface area is 198 Å². The van der Waals surface area contributed by atoms with Gasteiger partial charge in [-0.2, -0.15) is 8.42 Å². The van der Waals surface area contributed by atoms with Gasteiger partial charge in [-0.25, -0.2) is 0 Å². The third-order valence-corrected chi connectivity index (χ3v) is 11.2. The highest BCUT2D eigenvalue weighted by molar-refractivity contribution is 7.86. The van der Waals surface area contributed by atoms with Gasteiger partial charge in [0.2, 0.25) is 0 Å². The van der Waals surface area contributed by atoms with E-state index >= 15 is 0 Å². The highest BCUT2D eigenvalue weighted by atomic mass is 32.2. The van der Waals surface area contributed by atoms with Crippen LogP contribution in [0.1, 0.15) is 105 Å². The zero-order valence-corrected chi connectivity index (χ0v) is 22.3. The largest absolute Gasteiger partial charge is 0.267 e. The van der Waals surface area contributed by atoms with Crippen molar-refractivity contribution < 1.29 is 12.6 Å². The van der Waals surface area contributed by atoms with E-state index in [2.05, 4.69) is 40.7 Å². The monoisotopic (exact) mass is 464 g/mol. The fourth-order valence-electron chi connectivity index (χ4n) is 8.98. The Morgan fingerprint density at radius 2 is 1.78 bits per heavy atom. The molecule has 0 aliphatic heterocycles. The molecule has 0 bridgehead atoms. The Hall–Kier alpha value is -0.350. The first-order valence-electron chi connectivity index (χ1n) is 13.5. The van der Waals surface area contributed by atoms with Crippen molar-refractivity contribution in [2.45, 2.75) is 111 Å². The predicted octanol–water partition coefficient (Wildman–Crippen LogP) is 7.37. The van der Waals surface area contributed by atoms with Crippen LogP contribution < -0.4 is 0 Å². The van der Waals surface area contributed by atoms with E-state index in [0.717, 1.165) is 54.8 Å². The van der Waals surface area contributed by atoms with Gasteiger partial charge in [-0.1, -0.05) is 65.5 Å². The second-order valence-corrected chi connectivity index (χ2v) is 14.6. The minimum atomic E-state index is -3.38. The van der Waals surface area contributed by atoms with Crippen molar-refractivity contribution in [1.82, 2.24) is 0 Å². The van der Waals surface area contributed by atoms with Crippen LogP contribution >= 0.6 is 0 Å². The normalized spacial score (nSPS) is 42.7. The maximum absolute atomic E-state index is 11.7. The second kappa shape index (κ2) is 9.02. The van der Waals surface area contributed by atoms with Gasteiger partial charge in [-0.05, 0) is 97.7 Å². The van der Waals surface area contributed by atoms with Crippen molar-refractivity contribution in [3.63, 3.8) is 0 Å². The average Bonchev–Trinajstić information content (AvgIpc) is 3.04. The fourth-order valence-corrected chi connectivity index (χ4v) is 9.64. The summed E-state index contributed by atoms with van der Waals surface area (Å²) in [5, 5.41) is 0. The summed E-state index contributed by atoms with van der Waals surface area (Å²) in [6.45, 7) is 12.4. The molecule has 8 atom stereocenters. The molecular weight excluding hydrogens is 416 g/mol. The molecule has 4 aliphatic carbocycles. The van der Waals surface area contributed by atoms with Crippen LogP contribution in [-0.4, -0.2) is 20.8 Å². The van der Waals surface area contributed by atoms with Crippen LogP contribution in [0.25, 0.3) is 0 Å². The molecule has 0 N–H and O–H groups in total. The first-order valence-corrected chi connectivity index (χ1v) is 15.3. The van der Waals surface area contributed by atoms with E-state index in [1.54, 1.807) is 0 Å². The third kappa shape index (κ3) is 4.61. The summed E-state index contributed by atoms with van der Waals surface area (Å²) in [5.74, 6) is 5.05.